The summed E-state index contributed by atoms with van der Waals surface area (Å²) in [5, 5.41) is 0. The summed E-state index contributed by atoms with van der Waals surface area (Å²) >= 11 is 0. The largest absolute Gasteiger partial charge is 0.756 e. The van der Waals surface area contributed by atoms with Crippen LogP contribution < -0.4 is 4.89 Å². The Morgan fingerprint density at radius 2 is 0.907 bits per heavy atom. The Kier molecular flexibility index (Phi) is 6.28. The van der Waals surface area contributed by atoms with Gasteiger partial charge in [-0.3, -0.25) is 14.2 Å². The van der Waals surface area contributed by atoms with Crippen LogP contribution >= 0.6 is 7.82 Å². The van der Waals surface area contributed by atoms with Gasteiger partial charge < -0.3 is 27.9 Å². The quantitative estimate of drug-likeness (QED) is 0.0339. The maximum absolute atomic E-state index is 14.1. The van der Waals surface area contributed by atoms with Crippen molar-refractivity contribution in [2.45, 2.75) is 224 Å². The Hall–Kier alpha value is -0.990. The predicted molar refractivity (Wildman–Crippen MR) is 222 cm³/mol. The molecule has 0 saturated heterocycles. The van der Waals surface area contributed by atoms with Crippen LogP contribution in [0.3, 0.4) is 0 Å². The Labute approximate surface area is 437 Å². The molecule has 2 atom stereocenters. The Balaban J connectivity index is 8.65. The van der Waals surface area contributed by atoms with Crippen LogP contribution in [0.2, 0.25) is 0 Å². The zero-order valence-corrected chi connectivity index (χ0v) is 29.0. The molecule has 0 fully saturated rings. The van der Waals surface area contributed by atoms with Gasteiger partial charge in [0.25, 0.3) is 7.82 Å². The van der Waals surface area contributed by atoms with E-state index in [2.05, 4.69) is 18.5 Å². The maximum Gasteiger partial charge on any atom is 0.306 e. The molecule has 0 aromatic rings. The second-order valence-electron chi connectivity index (χ2n) is 8.69. The normalized spacial score (nSPS) is 43.3. The first kappa shape index (κ1) is 9.03. The highest BCUT2D eigenvalue weighted by Crippen LogP contribution is 2.38. The molecule has 9 nitrogen and oxygen atoms in total. The van der Waals surface area contributed by atoms with E-state index in [4.69, 9.17) is 101 Å². The molecule has 0 heterocycles. The molecule has 0 aliphatic rings. The Morgan fingerprint density at radius 3 is 1.28 bits per heavy atom. The predicted octanol–water partition coefficient (Wildman–Crippen LogP) is 12.2. The number of esters is 2. The standard InChI is InChI=1S/C44H88NO8P/c1-6-8-10-12-14-16-18-20-22-24-26-28-30-32-34-36-43(46)50-40-42(41-52-54(48,49)51-39-38-45(3,4)5)53-44(47)37-35-33-31-29-27-25-23-21-19-17-15-13-11-9-7-2/h42H,6-41H2,1-5H3/t42-/m1/s1/i1D3,2D3,6D2,7D2,8D2,9D2,10D2,11D2,12D2,13D2,14D2,15D2,16D2,17D2,18D2,19D2,20D2,21D2,22D2,23D2,24D2,25D2,26D2,27D2,28D2,29D2,30D2,31D2,32D2,33D2,34D2,35D2,36D2,37D2,38D2,39D2. The maximum atomic E-state index is 14.1. The summed E-state index contributed by atoms with van der Waals surface area (Å²) in [5.41, 5.74) is 0. The zero-order chi connectivity index (χ0) is 106. The van der Waals surface area contributed by atoms with Gasteiger partial charge in [-0.1, -0.05) is 192 Å². The molecule has 0 aliphatic heterocycles. The average Bonchev–Trinajstić information content (AvgIpc) is 0.680. The smallest absolute Gasteiger partial charge is 0.306 e. The molecule has 0 aliphatic carbocycles. The second-order valence-corrected chi connectivity index (χ2v) is 10.0. The van der Waals surface area contributed by atoms with Crippen LogP contribution in [-0.2, 0) is 32.7 Å². The molecule has 0 N–H and O–H groups in total. The fraction of sp³-hybridized carbons (Fsp3) is 0.955. The van der Waals surface area contributed by atoms with Gasteiger partial charge in [0.15, 0.2) is 6.10 Å². The van der Waals surface area contributed by atoms with E-state index >= 15 is 0 Å². The lowest BCUT2D eigenvalue weighted by atomic mass is 10.0. The van der Waals surface area contributed by atoms with Crippen LogP contribution in [0.4, 0.5) is 0 Å². The van der Waals surface area contributed by atoms with E-state index in [0.29, 0.717) is 0 Å². The lowest BCUT2D eigenvalue weighted by Gasteiger charge is -2.28. The number of phosphoric acid groups is 1. The van der Waals surface area contributed by atoms with E-state index in [1.807, 2.05) is 0 Å². The van der Waals surface area contributed by atoms with Gasteiger partial charge >= 0.3 is 11.9 Å². The van der Waals surface area contributed by atoms with Crippen molar-refractivity contribution >= 4 is 19.8 Å². The molecule has 0 rings (SSSR count). The molecule has 1 unspecified atom stereocenters. The molecule has 0 bridgehead atoms. The lowest BCUT2D eigenvalue weighted by Crippen LogP contribution is -2.37. The highest BCUT2D eigenvalue weighted by Gasteiger charge is 2.21. The molecule has 0 radical (unpaired) electrons. The number of phosphoric ester groups is 1. The van der Waals surface area contributed by atoms with Gasteiger partial charge in [0, 0.05) is 109 Å². The van der Waals surface area contributed by atoms with Crippen LogP contribution in [0.5, 0.6) is 0 Å². The van der Waals surface area contributed by atoms with E-state index in [1.165, 1.54) is 0 Å². The molecule has 0 amide bonds. The van der Waals surface area contributed by atoms with E-state index in [-0.39, 0.29) is 0 Å². The van der Waals surface area contributed by atoms with Gasteiger partial charge in [0.1, 0.15) is 19.7 Å². The fourth-order valence-electron chi connectivity index (χ4n) is 1.89. The molecular formula is C44H88NO8P. The van der Waals surface area contributed by atoms with E-state index < -0.39 is 274 Å². The summed E-state index contributed by atoms with van der Waals surface area (Å²) in [7, 11) is -4.26. The van der Waals surface area contributed by atoms with Crippen LogP contribution in [0.1, 0.15) is 319 Å². The third kappa shape index (κ3) is 40.7. The fourth-order valence-corrected chi connectivity index (χ4v) is 2.45. The van der Waals surface area contributed by atoms with Crippen molar-refractivity contribution in [3.05, 3.63) is 0 Å². The second kappa shape index (κ2) is 37.6. The minimum atomic E-state index is -6.82. The Bertz CT molecular complexity index is 4030. The van der Waals surface area contributed by atoms with Crippen LogP contribution in [-0.4, -0.2) is 69.9 Å². The van der Waals surface area contributed by atoms with Crippen molar-refractivity contribution in [1.82, 2.24) is 0 Å². The highest BCUT2D eigenvalue weighted by molar-refractivity contribution is 7.45. The van der Waals surface area contributed by atoms with Gasteiger partial charge in [-0.2, -0.15) is 0 Å². The number of likely N-dealkylation sites (N-methyl/N-ethyl adjacent to an activating group) is 1. The Morgan fingerprint density at radius 1 is 0.556 bits per heavy atom. The van der Waals surface area contributed by atoms with Gasteiger partial charge in [0.2, 0.25) is 0 Å². The summed E-state index contributed by atoms with van der Waals surface area (Å²) in [5.74, 6) is -6.56. The van der Waals surface area contributed by atoms with Gasteiger partial charge in [-0.15, -0.1) is 0 Å². The van der Waals surface area contributed by atoms with Crippen molar-refractivity contribution < 1.29 is 143 Å². The molecule has 54 heavy (non-hydrogen) atoms. The third-order valence-corrected chi connectivity index (χ3v) is 4.49. The topological polar surface area (TPSA) is 111 Å². The highest BCUT2D eigenvalue weighted by atomic mass is 31.2. The number of nitrogens with zero attached hydrogens (tertiary/aromatic N) is 1. The van der Waals surface area contributed by atoms with Crippen molar-refractivity contribution in [3.8, 4) is 0 Å². The minimum Gasteiger partial charge on any atom is -0.756 e. The lowest BCUT2D eigenvalue weighted by molar-refractivity contribution is -0.870. The molecule has 10 heteroatoms. The van der Waals surface area contributed by atoms with E-state index in [9.17, 15) is 19.0 Å². The van der Waals surface area contributed by atoms with Crippen molar-refractivity contribution in [1.29, 1.82) is 0 Å². The minimum absolute atomic E-state index is 0.856. The number of hydrogen-bond acceptors (Lipinski definition) is 8. The van der Waals surface area contributed by atoms with E-state index in [0.717, 1.165) is 21.1 Å². The third-order valence-electron chi connectivity index (χ3n) is 3.71. The first-order chi connectivity index (χ1) is 53.8. The van der Waals surface area contributed by atoms with Crippen molar-refractivity contribution in [3.63, 3.8) is 0 Å². The first-order valence-electron chi connectivity index (χ1n) is 50.7. The molecule has 322 valence electrons. The summed E-state index contributed by atoms with van der Waals surface area (Å²) in [6.45, 7) is -21.4. The van der Waals surface area contributed by atoms with E-state index in [1.54, 1.807) is 0 Å². The summed E-state index contributed by atoms with van der Waals surface area (Å²) < 4.78 is 641. The number of hydrogen-bond donors (Lipinski definition) is 0. The van der Waals surface area contributed by atoms with Crippen LogP contribution in [0.15, 0.2) is 0 Å². The molecule has 0 spiro atoms. The van der Waals surface area contributed by atoms with Gasteiger partial charge in [0.05, 0.1) is 33.2 Å². The van der Waals surface area contributed by atoms with Gasteiger partial charge in [-0.05, 0) is 12.7 Å². The molecular weight excluding hydrogens is 701 g/mol. The summed E-state index contributed by atoms with van der Waals surface area (Å²) in [4.78, 5) is 41.3. The SMILES string of the molecule is [2H]C([2H])([2H])C([2H])([2H])C([2H])([2H])C([2H])([2H])C([2H])([2H])C([2H])([2H])C([2H])([2H])C([2H])([2H])C([2H])([2H])C([2H])([2H])C([2H])([2H])C([2H])([2H])C([2H])([2H])C([2H])([2H])C([2H])([2H])C([2H])([2H])C([2H])([2H])C(=O)OC[C@H](COP(=O)([O-])OC([2H])([2H])C([2H])([2H])[N+](C)(C)C)OC(=O)C([2H])([2H])C([2H])([2H])C([2H])([2H])C([2H])([2H])C([2H])([2H])C([2H])([2H])C([2H])([2H])C([2H])([2H])C([2H])([2H])C([2H])([2H])C([2H])([2H])C([2H])([2H])C([2H])([2H])C([2H])([2H])C([2H])([2H])C([2H])([2H])C([2H])([2H])[2H]. The van der Waals surface area contributed by atoms with Gasteiger partial charge in [-0.25, -0.2) is 0 Å². The number of carbonyl (C=O) groups excluding carboxylic acids is 2. The zero-order valence-electron chi connectivity index (χ0n) is 102. The molecule has 0 saturated carbocycles. The first-order valence-corrected chi connectivity index (χ1v) is 15.2. The summed E-state index contributed by atoms with van der Waals surface area (Å²) in [6.07, 6.45) is -177. The monoisotopic (exact) mass is 864 g/mol. The number of carbonyl (C=O) groups is 2. The number of quaternary nitrogens is 1. The number of rotatable bonds is 42. The van der Waals surface area contributed by atoms with Crippen LogP contribution in [0, 0.1) is 0 Å². The molecule has 0 aromatic heterocycles. The summed E-state index contributed by atoms with van der Waals surface area (Å²) in [6, 6.07) is 0. The average molecular weight is 865 g/mol. The van der Waals surface area contributed by atoms with Crippen LogP contribution in [0.25, 0.3) is 0 Å². The van der Waals surface area contributed by atoms with Crippen molar-refractivity contribution in [2.75, 3.05) is 47.4 Å². The molecule has 0 aromatic carbocycles. The van der Waals surface area contributed by atoms with Crippen molar-refractivity contribution in [2.24, 2.45) is 0 Å². The number of ether oxygens (including phenoxy) is 2.